The van der Waals surface area contributed by atoms with Crippen molar-refractivity contribution in [1.82, 2.24) is 0 Å². The average molecular weight is 234 g/mol. The molecule has 0 aromatic heterocycles. The Morgan fingerprint density at radius 1 is 0.941 bits per heavy atom. The largest absolute Gasteiger partial charge is 0.497 e. The van der Waals surface area contributed by atoms with Crippen LogP contribution in [0.15, 0.2) is 36.4 Å². The molecule has 0 spiro atoms. The lowest BCUT2D eigenvalue weighted by Gasteiger charge is -2.07. The molecule has 2 rings (SSSR count). The molecule has 0 N–H and O–H groups in total. The molecule has 0 radical (unpaired) electrons. The minimum atomic E-state index is -0.539. The predicted octanol–water partition coefficient (Wildman–Crippen LogP) is 3.95. The van der Waals surface area contributed by atoms with Crippen molar-refractivity contribution in [2.45, 2.75) is 6.92 Å². The fourth-order valence-electron chi connectivity index (χ4n) is 1.61. The number of hydrogen-bond donors (Lipinski definition) is 0. The standard InChI is InChI=1S/C14H12F2O/c1-9-13(15)7-11(8-14(9)16)10-4-3-5-12(6-10)17-2/h3-8H,1-2H3. The van der Waals surface area contributed by atoms with Crippen LogP contribution >= 0.6 is 0 Å². The summed E-state index contributed by atoms with van der Waals surface area (Å²) in [5, 5.41) is 0. The number of benzene rings is 2. The second kappa shape index (κ2) is 4.53. The molecule has 0 atom stereocenters. The highest BCUT2D eigenvalue weighted by Crippen LogP contribution is 2.26. The van der Waals surface area contributed by atoms with Gasteiger partial charge in [0.2, 0.25) is 0 Å². The van der Waals surface area contributed by atoms with E-state index in [-0.39, 0.29) is 5.56 Å². The van der Waals surface area contributed by atoms with E-state index in [9.17, 15) is 8.78 Å². The van der Waals surface area contributed by atoms with Crippen molar-refractivity contribution in [3.63, 3.8) is 0 Å². The van der Waals surface area contributed by atoms with Crippen LogP contribution in [0.1, 0.15) is 5.56 Å². The first-order chi connectivity index (χ1) is 8.11. The molecule has 0 amide bonds. The first-order valence-corrected chi connectivity index (χ1v) is 5.22. The maximum absolute atomic E-state index is 13.4. The van der Waals surface area contributed by atoms with E-state index in [0.717, 1.165) is 5.56 Å². The molecule has 1 nitrogen and oxygen atoms in total. The highest BCUT2D eigenvalue weighted by Gasteiger charge is 2.08. The Bertz CT molecular complexity index is 527. The van der Waals surface area contributed by atoms with Crippen LogP contribution in [0, 0.1) is 18.6 Å². The number of rotatable bonds is 2. The molecular formula is C14H12F2O. The van der Waals surface area contributed by atoms with Crippen molar-refractivity contribution < 1.29 is 13.5 Å². The fraction of sp³-hybridized carbons (Fsp3) is 0.143. The van der Waals surface area contributed by atoms with Crippen LogP contribution in [0.3, 0.4) is 0 Å². The Kier molecular flexibility index (Phi) is 3.09. The lowest BCUT2D eigenvalue weighted by Crippen LogP contribution is -1.91. The minimum absolute atomic E-state index is 0.0386. The van der Waals surface area contributed by atoms with Gasteiger partial charge in [-0.2, -0.15) is 0 Å². The van der Waals surface area contributed by atoms with Crippen molar-refractivity contribution in [1.29, 1.82) is 0 Å². The van der Waals surface area contributed by atoms with Crippen molar-refractivity contribution in [2.75, 3.05) is 7.11 Å². The number of methoxy groups -OCH3 is 1. The second-order valence-electron chi connectivity index (χ2n) is 3.80. The molecule has 0 saturated heterocycles. The topological polar surface area (TPSA) is 9.23 Å². The van der Waals surface area contributed by atoms with E-state index in [0.29, 0.717) is 11.3 Å². The molecule has 0 heterocycles. The molecule has 0 saturated carbocycles. The van der Waals surface area contributed by atoms with Gasteiger partial charge in [-0.05, 0) is 42.3 Å². The maximum atomic E-state index is 13.4. The molecule has 0 aliphatic rings. The molecule has 3 heteroatoms. The van der Waals surface area contributed by atoms with Gasteiger partial charge in [-0.1, -0.05) is 12.1 Å². The molecule has 0 fully saturated rings. The van der Waals surface area contributed by atoms with Gasteiger partial charge >= 0.3 is 0 Å². The predicted molar refractivity (Wildman–Crippen MR) is 63.1 cm³/mol. The van der Waals surface area contributed by atoms with Crippen molar-refractivity contribution in [2.24, 2.45) is 0 Å². The second-order valence-corrected chi connectivity index (χ2v) is 3.80. The molecule has 0 aliphatic carbocycles. The van der Waals surface area contributed by atoms with Crippen LogP contribution in [-0.4, -0.2) is 7.11 Å². The molecule has 0 bridgehead atoms. The van der Waals surface area contributed by atoms with Gasteiger partial charge in [0, 0.05) is 5.56 Å². The Labute approximate surface area is 98.7 Å². The van der Waals surface area contributed by atoms with E-state index in [1.165, 1.54) is 19.1 Å². The van der Waals surface area contributed by atoms with E-state index in [1.54, 1.807) is 31.4 Å². The van der Waals surface area contributed by atoms with Crippen molar-refractivity contribution in [3.8, 4) is 16.9 Å². The summed E-state index contributed by atoms with van der Waals surface area (Å²) in [5.41, 5.74) is 1.27. The molecule has 17 heavy (non-hydrogen) atoms. The third-order valence-electron chi connectivity index (χ3n) is 2.68. The van der Waals surface area contributed by atoms with Crippen molar-refractivity contribution >= 4 is 0 Å². The molecule has 88 valence electrons. The maximum Gasteiger partial charge on any atom is 0.129 e. The van der Waals surface area contributed by atoms with Gasteiger partial charge in [0.15, 0.2) is 0 Å². The van der Waals surface area contributed by atoms with E-state index >= 15 is 0 Å². The number of hydrogen-bond acceptors (Lipinski definition) is 1. The van der Waals surface area contributed by atoms with Crippen molar-refractivity contribution in [3.05, 3.63) is 53.6 Å². The normalized spacial score (nSPS) is 10.4. The summed E-state index contributed by atoms with van der Waals surface area (Å²) in [5.74, 6) is -0.422. The number of ether oxygens (including phenoxy) is 1. The SMILES string of the molecule is COc1cccc(-c2cc(F)c(C)c(F)c2)c1. The summed E-state index contributed by atoms with van der Waals surface area (Å²) >= 11 is 0. The Balaban J connectivity index is 2.52. The summed E-state index contributed by atoms with van der Waals surface area (Å²) in [6, 6.07) is 9.74. The van der Waals surface area contributed by atoms with Gasteiger partial charge in [-0.25, -0.2) is 8.78 Å². The first kappa shape index (κ1) is 11.6. The molecule has 2 aromatic carbocycles. The zero-order valence-electron chi connectivity index (χ0n) is 9.63. The van der Waals surface area contributed by atoms with Gasteiger partial charge in [-0.15, -0.1) is 0 Å². The molecule has 0 aliphatic heterocycles. The monoisotopic (exact) mass is 234 g/mol. The van der Waals surface area contributed by atoms with Gasteiger partial charge in [-0.3, -0.25) is 0 Å². The zero-order chi connectivity index (χ0) is 12.4. The lowest BCUT2D eigenvalue weighted by atomic mass is 10.0. The van der Waals surface area contributed by atoms with E-state index < -0.39 is 11.6 Å². The van der Waals surface area contributed by atoms with Crippen LogP contribution in [0.2, 0.25) is 0 Å². The molecule has 0 unspecified atom stereocenters. The Morgan fingerprint density at radius 3 is 2.18 bits per heavy atom. The third-order valence-corrected chi connectivity index (χ3v) is 2.68. The summed E-state index contributed by atoms with van der Waals surface area (Å²) in [6.45, 7) is 1.42. The van der Waals surface area contributed by atoms with Gasteiger partial charge < -0.3 is 4.74 Å². The Morgan fingerprint density at radius 2 is 1.59 bits per heavy atom. The minimum Gasteiger partial charge on any atom is -0.497 e. The first-order valence-electron chi connectivity index (χ1n) is 5.22. The summed E-state index contributed by atoms with van der Waals surface area (Å²) < 4.78 is 31.9. The summed E-state index contributed by atoms with van der Waals surface area (Å²) in [6.07, 6.45) is 0. The number of halogens is 2. The van der Waals surface area contributed by atoms with Crippen LogP contribution in [0.25, 0.3) is 11.1 Å². The van der Waals surface area contributed by atoms with Crippen LogP contribution in [0.4, 0.5) is 8.78 Å². The zero-order valence-corrected chi connectivity index (χ0v) is 9.63. The van der Waals surface area contributed by atoms with E-state index in [1.807, 2.05) is 0 Å². The van der Waals surface area contributed by atoms with E-state index in [2.05, 4.69) is 0 Å². The smallest absolute Gasteiger partial charge is 0.129 e. The molecular weight excluding hydrogens is 222 g/mol. The fourth-order valence-corrected chi connectivity index (χ4v) is 1.61. The van der Waals surface area contributed by atoms with Gasteiger partial charge in [0.25, 0.3) is 0 Å². The quantitative estimate of drug-likeness (QED) is 0.764. The third kappa shape index (κ3) is 2.28. The Hall–Kier alpha value is -1.90. The van der Waals surface area contributed by atoms with E-state index in [4.69, 9.17) is 4.74 Å². The highest BCUT2D eigenvalue weighted by molar-refractivity contribution is 5.65. The average Bonchev–Trinajstić information content (AvgIpc) is 2.35. The van der Waals surface area contributed by atoms with Crippen LogP contribution in [0.5, 0.6) is 5.75 Å². The van der Waals surface area contributed by atoms with Gasteiger partial charge in [0.1, 0.15) is 17.4 Å². The summed E-state index contributed by atoms with van der Waals surface area (Å²) in [7, 11) is 1.55. The summed E-state index contributed by atoms with van der Waals surface area (Å²) in [4.78, 5) is 0. The van der Waals surface area contributed by atoms with Gasteiger partial charge in [0.05, 0.1) is 7.11 Å². The van der Waals surface area contributed by atoms with Crippen LogP contribution in [-0.2, 0) is 0 Å². The van der Waals surface area contributed by atoms with Crippen LogP contribution < -0.4 is 4.74 Å². The lowest BCUT2D eigenvalue weighted by molar-refractivity contribution is 0.415. The highest BCUT2D eigenvalue weighted by atomic mass is 19.1. The molecule has 2 aromatic rings.